The van der Waals surface area contributed by atoms with Crippen LogP contribution in [0.3, 0.4) is 0 Å². The Morgan fingerprint density at radius 1 is 0.417 bits per heavy atom. The lowest BCUT2D eigenvalue weighted by molar-refractivity contribution is 1.28. The molecule has 1 atom stereocenters. The van der Waals surface area contributed by atoms with Crippen LogP contribution >= 0.6 is 0 Å². The average Bonchev–Trinajstić information content (AvgIpc) is 3.17. The second-order valence-electron chi connectivity index (χ2n) is 12.2. The fourth-order valence-electron chi connectivity index (χ4n) is 7.47. The molecule has 0 bridgehead atoms. The Kier molecular flexibility index (Phi) is 6.80. The average molecular weight is 630 g/mol. The van der Waals surface area contributed by atoms with Crippen LogP contribution in [0.1, 0.15) is 0 Å². The lowest BCUT2D eigenvalue weighted by atomic mass is 10.1. The number of rotatable bonds is 5. The fraction of sp³-hybridized carbons (Fsp3) is 0. The van der Waals surface area contributed by atoms with Gasteiger partial charge in [0, 0.05) is 46.0 Å². The lowest BCUT2D eigenvalue weighted by Gasteiger charge is -2.45. The molecule has 0 aliphatic carbocycles. The maximum atomic E-state index is 4.99. The van der Waals surface area contributed by atoms with Crippen LogP contribution < -0.4 is 25.6 Å². The third-order valence-corrected chi connectivity index (χ3v) is 14.4. The molecule has 0 fully saturated rings. The maximum absolute atomic E-state index is 4.99. The van der Waals surface area contributed by atoms with E-state index in [1.54, 1.807) is 0 Å². The molecule has 8 aromatic rings. The van der Waals surface area contributed by atoms with E-state index in [1.165, 1.54) is 37.5 Å². The Labute approximate surface area is 281 Å². The highest BCUT2D eigenvalue weighted by molar-refractivity contribution is 7.21. The molecule has 4 heteroatoms. The molecule has 3 nitrogen and oxygen atoms in total. The first-order chi connectivity index (χ1) is 23.8. The number of aromatic nitrogens is 2. The number of pyridine rings is 2. The molecule has 9 rings (SSSR count). The number of nitrogens with zero attached hydrogens (tertiary/aromatic N) is 3. The summed E-state index contributed by atoms with van der Waals surface area (Å²) < 4.78 is 0. The number of para-hydroxylation sites is 2. The van der Waals surface area contributed by atoms with Gasteiger partial charge in [-0.3, -0.25) is 9.97 Å². The highest BCUT2D eigenvalue weighted by Gasteiger charge is 2.49. The van der Waals surface area contributed by atoms with Gasteiger partial charge in [-0.2, -0.15) is 0 Å². The molecule has 0 saturated heterocycles. The lowest BCUT2D eigenvalue weighted by Crippen LogP contribution is -2.77. The van der Waals surface area contributed by atoms with Crippen molar-refractivity contribution in [2.24, 2.45) is 0 Å². The van der Waals surface area contributed by atoms with Crippen LogP contribution in [0.4, 0.5) is 17.1 Å². The van der Waals surface area contributed by atoms with Crippen molar-refractivity contribution in [3.8, 4) is 22.5 Å². The van der Waals surface area contributed by atoms with Gasteiger partial charge in [-0.05, 0) is 68.6 Å². The number of hydrogen-bond acceptors (Lipinski definition) is 3. The SMILES string of the molecule is c1ccc(N2c3ccccc3[Si](c3ccccc3)(c3cccc(-c4ccccn4)c3)c3cc(-c4cc5ccccc5cn4)ccc32)cc1. The molecule has 1 aliphatic heterocycles. The molecule has 48 heavy (non-hydrogen) atoms. The standard InChI is InChI=1S/C44H31N3Si/c1-3-17-36(18-4-1)47-41-23-9-10-24-43(41)48(37-19-5-2-6-20-37,38-21-13-16-33(28-38)39-22-11-12-27-45-39)44-30-34(25-26-42(44)47)40-29-32-14-7-8-15-35(32)31-46-40/h1-31H. The second kappa shape index (κ2) is 11.6. The zero-order chi connectivity index (χ0) is 31.9. The third-order valence-electron chi connectivity index (χ3n) is 9.59. The molecule has 0 spiro atoms. The van der Waals surface area contributed by atoms with E-state index < -0.39 is 8.07 Å². The van der Waals surface area contributed by atoms with Crippen LogP contribution in [0, 0.1) is 0 Å². The molecule has 1 aliphatic rings. The predicted molar refractivity (Wildman–Crippen MR) is 202 cm³/mol. The second-order valence-corrected chi connectivity index (χ2v) is 16.0. The normalized spacial score (nSPS) is 15.1. The highest BCUT2D eigenvalue weighted by atomic mass is 28.3. The van der Waals surface area contributed by atoms with E-state index in [0.717, 1.165) is 33.6 Å². The van der Waals surface area contributed by atoms with E-state index in [4.69, 9.17) is 9.97 Å². The van der Waals surface area contributed by atoms with E-state index in [9.17, 15) is 0 Å². The first-order valence-corrected chi connectivity index (χ1v) is 18.3. The number of hydrogen-bond donors (Lipinski definition) is 0. The van der Waals surface area contributed by atoms with Crippen molar-refractivity contribution in [1.29, 1.82) is 0 Å². The summed E-state index contributed by atoms with van der Waals surface area (Å²) in [6.45, 7) is 0. The third kappa shape index (κ3) is 4.49. The minimum atomic E-state index is -2.93. The van der Waals surface area contributed by atoms with E-state index in [2.05, 4.69) is 175 Å². The van der Waals surface area contributed by atoms with Crippen molar-refractivity contribution in [3.05, 3.63) is 188 Å². The molecule has 0 radical (unpaired) electrons. The Morgan fingerprint density at radius 2 is 1.10 bits per heavy atom. The van der Waals surface area contributed by atoms with Crippen molar-refractivity contribution >= 4 is 56.7 Å². The minimum absolute atomic E-state index is 0.972. The summed E-state index contributed by atoms with van der Waals surface area (Å²) in [5.41, 5.74) is 7.73. The molecule has 6 aromatic carbocycles. The minimum Gasteiger partial charge on any atom is -0.311 e. The van der Waals surface area contributed by atoms with Crippen molar-refractivity contribution in [1.82, 2.24) is 9.97 Å². The molecule has 0 N–H and O–H groups in total. The van der Waals surface area contributed by atoms with E-state index >= 15 is 0 Å². The quantitative estimate of drug-likeness (QED) is 0.180. The number of benzene rings is 6. The summed E-state index contributed by atoms with van der Waals surface area (Å²) in [4.78, 5) is 12.2. The van der Waals surface area contributed by atoms with Gasteiger partial charge < -0.3 is 4.90 Å². The van der Waals surface area contributed by atoms with Gasteiger partial charge >= 0.3 is 0 Å². The van der Waals surface area contributed by atoms with Crippen LogP contribution in [0.2, 0.25) is 0 Å². The molecule has 3 heterocycles. The predicted octanol–water partition coefficient (Wildman–Crippen LogP) is 8.12. The van der Waals surface area contributed by atoms with Gasteiger partial charge in [0.1, 0.15) is 0 Å². The van der Waals surface area contributed by atoms with Crippen LogP contribution in [0.5, 0.6) is 0 Å². The first kappa shape index (κ1) is 28.1. The van der Waals surface area contributed by atoms with Crippen molar-refractivity contribution in [2.75, 3.05) is 4.90 Å². The molecule has 1 unspecified atom stereocenters. The fourth-order valence-corrected chi connectivity index (χ4v) is 12.6. The van der Waals surface area contributed by atoms with Crippen molar-refractivity contribution < 1.29 is 0 Å². The maximum Gasteiger partial charge on any atom is 0.184 e. The van der Waals surface area contributed by atoms with Crippen LogP contribution in [-0.4, -0.2) is 18.0 Å². The zero-order valence-electron chi connectivity index (χ0n) is 26.2. The van der Waals surface area contributed by atoms with Gasteiger partial charge in [-0.1, -0.05) is 133 Å². The Hall–Kier alpha value is -6.10. The van der Waals surface area contributed by atoms with Gasteiger partial charge in [0.25, 0.3) is 0 Å². The largest absolute Gasteiger partial charge is 0.311 e. The molecular formula is C44H31N3Si. The topological polar surface area (TPSA) is 29.0 Å². The molecule has 0 saturated carbocycles. The van der Waals surface area contributed by atoms with E-state index in [0.29, 0.717) is 0 Å². The van der Waals surface area contributed by atoms with Gasteiger partial charge in [-0.15, -0.1) is 0 Å². The Bertz CT molecular complexity index is 2410. The van der Waals surface area contributed by atoms with Gasteiger partial charge in [0.15, 0.2) is 8.07 Å². The van der Waals surface area contributed by atoms with Crippen molar-refractivity contribution in [3.63, 3.8) is 0 Å². The summed E-state index contributed by atoms with van der Waals surface area (Å²) in [5.74, 6) is 0. The van der Waals surface area contributed by atoms with Crippen molar-refractivity contribution in [2.45, 2.75) is 0 Å². The summed E-state index contributed by atoms with van der Waals surface area (Å²) >= 11 is 0. The zero-order valence-corrected chi connectivity index (χ0v) is 27.2. The molecule has 0 amide bonds. The summed E-state index contributed by atoms with van der Waals surface area (Å²) in [7, 11) is -2.93. The van der Waals surface area contributed by atoms with Crippen LogP contribution in [0.25, 0.3) is 33.3 Å². The number of fused-ring (bicyclic) bond motifs is 3. The Balaban J connectivity index is 1.40. The van der Waals surface area contributed by atoms with Gasteiger partial charge in [-0.25, -0.2) is 0 Å². The van der Waals surface area contributed by atoms with Crippen LogP contribution in [-0.2, 0) is 0 Å². The van der Waals surface area contributed by atoms with Gasteiger partial charge in [0.05, 0.1) is 11.4 Å². The van der Waals surface area contributed by atoms with E-state index in [1.807, 2.05) is 18.5 Å². The summed E-state index contributed by atoms with van der Waals surface area (Å²) in [5, 5.41) is 7.68. The first-order valence-electron chi connectivity index (χ1n) is 16.3. The molecule has 2 aromatic heterocycles. The highest BCUT2D eigenvalue weighted by Crippen LogP contribution is 2.39. The van der Waals surface area contributed by atoms with Gasteiger partial charge in [0.2, 0.25) is 0 Å². The molecular weight excluding hydrogens is 599 g/mol. The number of anilines is 3. The summed E-state index contributed by atoms with van der Waals surface area (Å²) in [6.07, 6.45) is 3.87. The Morgan fingerprint density at radius 3 is 1.94 bits per heavy atom. The summed E-state index contributed by atoms with van der Waals surface area (Å²) in [6, 6.07) is 63.8. The molecule has 226 valence electrons. The smallest absolute Gasteiger partial charge is 0.184 e. The van der Waals surface area contributed by atoms with Crippen LogP contribution in [0.15, 0.2) is 188 Å². The van der Waals surface area contributed by atoms with E-state index in [-0.39, 0.29) is 0 Å². The monoisotopic (exact) mass is 629 g/mol.